The molecule has 6 heteroatoms. The van der Waals surface area contributed by atoms with Crippen molar-refractivity contribution >= 4 is 11.8 Å². The summed E-state index contributed by atoms with van der Waals surface area (Å²) >= 11 is 0. The molecule has 17 heavy (non-hydrogen) atoms. The van der Waals surface area contributed by atoms with Gasteiger partial charge in [0.1, 0.15) is 17.3 Å². The molecule has 0 unspecified atom stereocenters. The highest BCUT2D eigenvalue weighted by Gasteiger charge is 2.17. The second-order valence-electron chi connectivity index (χ2n) is 3.29. The van der Waals surface area contributed by atoms with Gasteiger partial charge in [0.15, 0.2) is 0 Å². The number of rotatable bonds is 3. The number of benzene rings is 1. The fraction of sp³-hybridized carbons (Fsp3) is 0. The topological polar surface area (TPSA) is 83.0 Å². The van der Waals surface area contributed by atoms with Crippen molar-refractivity contribution in [2.45, 2.75) is 0 Å². The number of H-pyrrole nitrogens is 1. The van der Waals surface area contributed by atoms with Crippen molar-refractivity contribution in [1.29, 1.82) is 0 Å². The number of aromatic nitrogens is 2. The van der Waals surface area contributed by atoms with Gasteiger partial charge in [-0.3, -0.25) is 4.79 Å². The maximum atomic E-state index is 12.9. The van der Waals surface area contributed by atoms with Gasteiger partial charge in [0.05, 0.1) is 6.20 Å². The Morgan fingerprint density at radius 1 is 1.35 bits per heavy atom. The van der Waals surface area contributed by atoms with Gasteiger partial charge in [-0.15, -0.1) is 0 Å². The molecule has 0 atom stereocenters. The van der Waals surface area contributed by atoms with Gasteiger partial charge in [-0.05, 0) is 12.1 Å². The maximum absolute atomic E-state index is 12.9. The molecular weight excluding hydrogens is 227 g/mol. The Morgan fingerprint density at radius 3 is 2.76 bits per heavy atom. The molecule has 5 nitrogen and oxygen atoms in total. The van der Waals surface area contributed by atoms with Crippen molar-refractivity contribution in [3.05, 3.63) is 42.0 Å². The third kappa shape index (κ3) is 2.20. The summed E-state index contributed by atoms with van der Waals surface area (Å²) in [7, 11) is 0. The number of nitrogens with one attached hydrogen (secondary N) is 1. The van der Waals surface area contributed by atoms with Crippen molar-refractivity contribution in [3.8, 4) is 11.4 Å². The second-order valence-corrected chi connectivity index (χ2v) is 3.29. The number of ketones is 1. The molecule has 1 aromatic carbocycles. The molecule has 86 valence electrons. The Morgan fingerprint density at radius 2 is 2.12 bits per heavy atom. The van der Waals surface area contributed by atoms with Crippen LogP contribution >= 0.6 is 0 Å². The fourth-order valence-corrected chi connectivity index (χ4v) is 1.33. The first kappa shape index (κ1) is 11.0. The Balaban J connectivity index is 2.36. The lowest BCUT2D eigenvalue weighted by Crippen LogP contribution is -2.12. The minimum absolute atomic E-state index is 0.142. The molecule has 0 fully saturated rings. The van der Waals surface area contributed by atoms with Crippen molar-refractivity contribution in [1.82, 2.24) is 9.97 Å². The minimum atomic E-state index is -1.57. The number of hydrogen-bond acceptors (Lipinski definition) is 3. The van der Waals surface area contributed by atoms with Crippen LogP contribution in [0.2, 0.25) is 0 Å². The van der Waals surface area contributed by atoms with Crippen molar-refractivity contribution < 1.29 is 19.1 Å². The monoisotopic (exact) mass is 234 g/mol. The Hall–Kier alpha value is -2.50. The van der Waals surface area contributed by atoms with Crippen LogP contribution in [0, 0.1) is 5.82 Å². The van der Waals surface area contributed by atoms with E-state index in [1.54, 1.807) is 6.07 Å². The molecule has 1 heterocycles. The van der Waals surface area contributed by atoms with E-state index in [9.17, 15) is 14.0 Å². The molecule has 2 aromatic rings. The molecule has 2 N–H and O–H groups in total. The van der Waals surface area contributed by atoms with E-state index < -0.39 is 17.6 Å². The summed E-state index contributed by atoms with van der Waals surface area (Å²) in [5, 5.41) is 8.50. The summed E-state index contributed by atoms with van der Waals surface area (Å²) < 4.78 is 12.9. The maximum Gasteiger partial charge on any atom is 0.378 e. The molecule has 0 spiro atoms. The molecule has 2 rings (SSSR count). The SMILES string of the molecule is O=C(O)C(=O)c1cnc(-c2cccc(F)c2)[nH]1. The number of carbonyl (C=O) groups is 2. The standard InChI is InChI=1S/C11H7FN2O3/c12-7-3-1-2-6(4-7)10-13-5-8(14-10)9(15)11(16)17/h1-5H,(H,13,14)(H,16,17). The smallest absolute Gasteiger partial charge is 0.378 e. The number of Topliss-reactive ketones (excluding diaryl/α,β-unsaturated/α-hetero) is 1. The van der Waals surface area contributed by atoms with Gasteiger partial charge in [-0.1, -0.05) is 12.1 Å². The molecule has 0 aliphatic rings. The first-order chi connectivity index (χ1) is 8.08. The van der Waals surface area contributed by atoms with Crippen molar-refractivity contribution in [2.24, 2.45) is 0 Å². The molecular formula is C11H7FN2O3. The molecule has 1 aromatic heterocycles. The number of nitrogens with zero attached hydrogens (tertiary/aromatic N) is 1. The molecule has 0 amide bonds. The number of aliphatic carboxylic acids is 1. The number of carboxylic acids is 1. The van der Waals surface area contributed by atoms with E-state index in [2.05, 4.69) is 9.97 Å². The zero-order valence-corrected chi connectivity index (χ0v) is 8.48. The van der Waals surface area contributed by atoms with E-state index >= 15 is 0 Å². The van der Waals surface area contributed by atoms with Gasteiger partial charge in [0.25, 0.3) is 5.78 Å². The van der Waals surface area contributed by atoms with E-state index in [4.69, 9.17) is 5.11 Å². The van der Waals surface area contributed by atoms with Gasteiger partial charge in [-0.25, -0.2) is 14.2 Å². The van der Waals surface area contributed by atoms with Gasteiger partial charge in [0.2, 0.25) is 0 Å². The molecule has 0 aliphatic carbocycles. The third-order valence-corrected chi connectivity index (χ3v) is 2.11. The molecule has 0 radical (unpaired) electrons. The normalized spacial score (nSPS) is 10.2. The predicted molar refractivity (Wildman–Crippen MR) is 55.9 cm³/mol. The Bertz CT molecular complexity index is 592. The van der Waals surface area contributed by atoms with Crippen LogP contribution in [-0.4, -0.2) is 26.8 Å². The summed E-state index contributed by atoms with van der Waals surface area (Å²) in [5.74, 6) is -2.85. The number of carbonyl (C=O) groups excluding carboxylic acids is 1. The summed E-state index contributed by atoms with van der Waals surface area (Å²) in [6.45, 7) is 0. The highest BCUT2D eigenvalue weighted by Crippen LogP contribution is 2.16. The fourth-order valence-electron chi connectivity index (χ4n) is 1.33. The lowest BCUT2D eigenvalue weighted by Gasteiger charge is -1.96. The van der Waals surface area contributed by atoms with E-state index in [-0.39, 0.29) is 11.5 Å². The van der Waals surface area contributed by atoms with E-state index in [1.807, 2.05) is 0 Å². The summed E-state index contributed by atoms with van der Waals surface area (Å²) in [6.07, 6.45) is 1.11. The number of hydrogen-bond donors (Lipinski definition) is 2. The Labute approximate surface area is 94.9 Å². The quantitative estimate of drug-likeness (QED) is 0.622. The summed E-state index contributed by atoms with van der Waals surface area (Å²) in [5.41, 5.74) is 0.297. The van der Waals surface area contributed by atoms with Crippen molar-refractivity contribution in [2.75, 3.05) is 0 Å². The number of imidazole rings is 1. The predicted octanol–water partition coefficient (Wildman–Crippen LogP) is 1.48. The van der Waals surface area contributed by atoms with Gasteiger partial charge in [-0.2, -0.15) is 0 Å². The Kier molecular flexibility index (Phi) is 2.70. The van der Waals surface area contributed by atoms with Gasteiger partial charge >= 0.3 is 5.97 Å². The van der Waals surface area contributed by atoms with Crippen LogP contribution in [0.1, 0.15) is 10.5 Å². The zero-order valence-electron chi connectivity index (χ0n) is 8.48. The number of carboxylic acid groups (broad SMARTS) is 1. The van der Waals surface area contributed by atoms with Gasteiger partial charge in [0, 0.05) is 5.56 Å². The number of aromatic amines is 1. The van der Waals surface area contributed by atoms with Crippen LogP contribution in [-0.2, 0) is 4.79 Å². The zero-order chi connectivity index (χ0) is 12.4. The van der Waals surface area contributed by atoms with E-state index in [1.165, 1.54) is 18.2 Å². The average molecular weight is 234 g/mol. The van der Waals surface area contributed by atoms with Crippen molar-refractivity contribution in [3.63, 3.8) is 0 Å². The number of halogens is 1. The molecule has 0 aliphatic heterocycles. The first-order valence-electron chi connectivity index (χ1n) is 4.66. The average Bonchev–Trinajstić information content (AvgIpc) is 2.77. The third-order valence-electron chi connectivity index (χ3n) is 2.11. The van der Waals surface area contributed by atoms with Crippen LogP contribution < -0.4 is 0 Å². The second kappa shape index (κ2) is 4.17. The first-order valence-corrected chi connectivity index (χ1v) is 4.66. The van der Waals surface area contributed by atoms with Gasteiger partial charge < -0.3 is 10.1 Å². The van der Waals surface area contributed by atoms with Crippen LogP contribution in [0.4, 0.5) is 4.39 Å². The minimum Gasteiger partial charge on any atom is -0.475 e. The largest absolute Gasteiger partial charge is 0.475 e. The van der Waals surface area contributed by atoms with Crippen LogP contribution in [0.5, 0.6) is 0 Å². The van der Waals surface area contributed by atoms with Crippen LogP contribution in [0.25, 0.3) is 11.4 Å². The lowest BCUT2D eigenvalue weighted by atomic mass is 10.2. The summed E-state index contributed by atoms with van der Waals surface area (Å²) in [6, 6.07) is 5.59. The van der Waals surface area contributed by atoms with E-state index in [0.717, 1.165) is 6.20 Å². The summed E-state index contributed by atoms with van der Waals surface area (Å²) in [4.78, 5) is 27.9. The highest BCUT2D eigenvalue weighted by atomic mass is 19.1. The molecule has 0 saturated carbocycles. The van der Waals surface area contributed by atoms with Crippen LogP contribution in [0.3, 0.4) is 0 Å². The van der Waals surface area contributed by atoms with Crippen LogP contribution in [0.15, 0.2) is 30.5 Å². The molecule has 0 saturated heterocycles. The highest BCUT2D eigenvalue weighted by molar-refractivity contribution is 6.39. The molecule has 0 bridgehead atoms. The lowest BCUT2D eigenvalue weighted by molar-refractivity contribution is -0.131. The van der Waals surface area contributed by atoms with E-state index in [0.29, 0.717) is 5.56 Å².